The Balaban J connectivity index is 1.44. The zero-order valence-electron chi connectivity index (χ0n) is 15.3. The van der Waals surface area contributed by atoms with Crippen LogP contribution < -0.4 is 10.1 Å². The number of hydrogen-bond donors (Lipinski definition) is 1. The van der Waals surface area contributed by atoms with Gasteiger partial charge in [0, 0.05) is 10.9 Å². The standard InChI is InChI=1S/C23H17FN2O2S/c24-17-8-6-7-16(13-17)23-25-18(15-29-23)14-22(27)26-20-11-4-5-12-21(20)28-19-9-2-1-3-10-19/h1-13,15H,14H2,(H,26,27). The van der Waals surface area contributed by atoms with Crippen molar-refractivity contribution in [3.63, 3.8) is 0 Å². The Labute approximate surface area is 171 Å². The van der Waals surface area contributed by atoms with Crippen LogP contribution in [-0.2, 0) is 11.2 Å². The van der Waals surface area contributed by atoms with Crippen molar-refractivity contribution >= 4 is 22.9 Å². The molecule has 144 valence electrons. The third-order valence-corrected chi connectivity index (χ3v) is 5.04. The van der Waals surface area contributed by atoms with Gasteiger partial charge in [0.05, 0.1) is 17.8 Å². The lowest BCUT2D eigenvalue weighted by Gasteiger charge is -2.11. The second-order valence-corrected chi connectivity index (χ2v) is 7.15. The Hall–Kier alpha value is -3.51. The van der Waals surface area contributed by atoms with Gasteiger partial charge in [0.25, 0.3) is 0 Å². The Morgan fingerprint density at radius 2 is 1.79 bits per heavy atom. The molecule has 0 radical (unpaired) electrons. The highest BCUT2D eigenvalue weighted by Crippen LogP contribution is 2.29. The molecule has 0 saturated carbocycles. The summed E-state index contributed by atoms with van der Waals surface area (Å²) < 4.78 is 19.3. The van der Waals surface area contributed by atoms with Crippen LogP contribution in [0, 0.1) is 5.82 Å². The molecule has 3 aromatic carbocycles. The SMILES string of the molecule is O=C(Cc1csc(-c2cccc(F)c2)n1)Nc1ccccc1Oc1ccccc1. The Morgan fingerprint density at radius 1 is 1.00 bits per heavy atom. The largest absolute Gasteiger partial charge is 0.455 e. The minimum atomic E-state index is -0.313. The van der Waals surface area contributed by atoms with E-state index in [1.165, 1.54) is 23.5 Å². The van der Waals surface area contributed by atoms with Gasteiger partial charge in [-0.25, -0.2) is 9.37 Å². The first kappa shape index (κ1) is 18.8. The lowest BCUT2D eigenvalue weighted by Crippen LogP contribution is -2.15. The van der Waals surface area contributed by atoms with Crippen LogP contribution in [0.25, 0.3) is 10.6 Å². The number of hydrogen-bond acceptors (Lipinski definition) is 4. The number of carbonyl (C=O) groups is 1. The summed E-state index contributed by atoms with van der Waals surface area (Å²) in [6, 6.07) is 22.9. The van der Waals surface area contributed by atoms with Gasteiger partial charge in [-0.3, -0.25) is 4.79 Å². The molecule has 4 nitrogen and oxygen atoms in total. The molecule has 1 N–H and O–H groups in total. The monoisotopic (exact) mass is 404 g/mol. The predicted molar refractivity (Wildman–Crippen MR) is 113 cm³/mol. The summed E-state index contributed by atoms with van der Waals surface area (Å²) in [5, 5.41) is 5.37. The molecule has 0 fully saturated rings. The van der Waals surface area contributed by atoms with Gasteiger partial charge in [0.2, 0.25) is 5.91 Å². The summed E-state index contributed by atoms with van der Waals surface area (Å²) in [7, 11) is 0. The highest BCUT2D eigenvalue weighted by atomic mass is 32.1. The molecule has 1 heterocycles. The van der Waals surface area contributed by atoms with E-state index in [2.05, 4.69) is 10.3 Å². The lowest BCUT2D eigenvalue weighted by atomic mass is 10.2. The van der Waals surface area contributed by atoms with E-state index < -0.39 is 0 Å². The molecule has 0 spiro atoms. The number of anilines is 1. The van der Waals surface area contributed by atoms with Crippen molar-refractivity contribution in [3.05, 3.63) is 95.8 Å². The van der Waals surface area contributed by atoms with Crippen LogP contribution in [0.4, 0.5) is 10.1 Å². The van der Waals surface area contributed by atoms with Crippen LogP contribution in [0.5, 0.6) is 11.5 Å². The van der Waals surface area contributed by atoms with Crippen molar-refractivity contribution in [1.82, 2.24) is 4.98 Å². The lowest BCUT2D eigenvalue weighted by molar-refractivity contribution is -0.115. The fourth-order valence-electron chi connectivity index (χ4n) is 2.78. The third kappa shape index (κ3) is 4.86. The maximum Gasteiger partial charge on any atom is 0.230 e. The van der Waals surface area contributed by atoms with Gasteiger partial charge < -0.3 is 10.1 Å². The zero-order chi connectivity index (χ0) is 20.1. The van der Waals surface area contributed by atoms with Gasteiger partial charge in [0.1, 0.15) is 16.6 Å². The molecular formula is C23H17FN2O2S. The van der Waals surface area contributed by atoms with E-state index in [4.69, 9.17) is 4.74 Å². The van der Waals surface area contributed by atoms with Crippen LogP contribution in [-0.4, -0.2) is 10.9 Å². The summed E-state index contributed by atoms with van der Waals surface area (Å²) in [5.41, 5.74) is 1.92. The number of benzene rings is 3. The minimum Gasteiger partial charge on any atom is -0.455 e. The van der Waals surface area contributed by atoms with Crippen molar-refractivity contribution in [2.45, 2.75) is 6.42 Å². The van der Waals surface area contributed by atoms with E-state index in [0.29, 0.717) is 33.5 Å². The highest BCUT2D eigenvalue weighted by Gasteiger charge is 2.12. The van der Waals surface area contributed by atoms with E-state index in [0.717, 1.165) is 0 Å². The fourth-order valence-corrected chi connectivity index (χ4v) is 3.59. The summed E-state index contributed by atoms with van der Waals surface area (Å²) >= 11 is 1.38. The maximum atomic E-state index is 13.4. The smallest absolute Gasteiger partial charge is 0.230 e. The number of amides is 1. The van der Waals surface area contributed by atoms with Crippen LogP contribution in [0.3, 0.4) is 0 Å². The number of nitrogens with zero attached hydrogens (tertiary/aromatic N) is 1. The molecule has 4 aromatic rings. The zero-order valence-corrected chi connectivity index (χ0v) is 16.2. The predicted octanol–water partition coefficient (Wildman–Crippen LogP) is 5.92. The second-order valence-electron chi connectivity index (χ2n) is 6.29. The molecule has 0 aliphatic carbocycles. The number of carbonyl (C=O) groups excluding carboxylic acids is 1. The molecule has 29 heavy (non-hydrogen) atoms. The number of halogens is 1. The number of para-hydroxylation sites is 3. The number of thiazole rings is 1. The normalized spacial score (nSPS) is 10.5. The molecular weight excluding hydrogens is 387 g/mol. The first-order valence-corrected chi connectivity index (χ1v) is 9.87. The summed E-state index contributed by atoms with van der Waals surface area (Å²) in [6.07, 6.45) is 0.117. The molecule has 0 aliphatic rings. The summed E-state index contributed by atoms with van der Waals surface area (Å²) in [6.45, 7) is 0. The molecule has 0 saturated heterocycles. The average molecular weight is 404 g/mol. The first-order valence-electron chi connectivity index (χ1n) is 8.99. The van der Waals surface area contributed by atoms with E-state index in [1.807, 2.05) is 47.8 Å². The van der Waals surface area contributed by atoms with E-state index in [-0.39, 0.29) is 18.1 Å². The fraction of sp³-hybridized carbons (Fsp3) is 0.0435. The van der Waals surface area contributed by atoms with Gasteiger partial charge >= 0.3 is 0 Å². The van der Waals surface area contributed by atoms with Crippen molar-refractivity contribution in [3.8, 4) is 22.1 Å². The molecule has 0 aliphatic heterocycles. The van der Waals surface area contributed by atoms with Crippen LogP contribution >= 0.6 is 11.3 Å². The molecule has 1 amide bonds. The van der Waals surface area contributed by atoms with Gasteiger partial charge in [-0.15, -0.1) is 11.3 Å². The molecule has 0 bridgehead atoms. The topological polar surface area (TPSA) is 51.2 Å². The molecule has 4 rings (SSSR count). The molecule has 0 atom stereocenters. The van der Waals surface area contributed by atoms with Gasteiger partial charge in [0.15, 0.2) is 5.75 Å². The Morgan fingerprint density at radius 3 is 2.62 bits per heavy atom. The number of rotatable bonds is 6. The van der Waals surface area contributed by atoms with Gasteiger partial charge in [-0.05, 0) is 36.4 Å². The van der Waals surface area contributed by atoms with Crippen LogP contribution in [0.2, 0.25) is 0 Å². The minimum absolute atomic E-state index is 0.117. The summed E-state index contributed by atoms with van der Waals surface area (Å²) in [4.78, 5) is 17.0. The number of aromatic nitrogens is 1. The highest BCUT2D eigenvalue weighted by molar-refractivity contribution is 7.13. The first-order chi connectivity index (χ1) is 14.2. The molecule has 0 unspecified atom stereocenters. The van der Waals surface area contributed by atoms with E-state index in [9.17, 15) is 9.18 Å². The number of ether oxygens (including phenoxy) is 1. The number of nitrogens with one attached hydrogen (secondary N) is 1. The van der Waals surface area contributed by atoms with E-state index in [1.54, 1.807) is 24.3 Å². The van der Waals surface area contributed by atoms with E-state index >= 15 is 0 Å². The van der Waals surface area contributed by atoms with Crippen molar-refractivity contribution in [2.75, 3.05) is 5.32 Å². The van der Waals surface area contributed by atoms with Crippen molar-refractivity contribution in [2.24, 2.45) is 0 Å². The Bertz CT molecular complexity index is 1130. The van der Waals surface area contributed by atoms with Crippen LogP contribution in [0.15, 0.2) is 84.2 Å². The van der Waals surface area contributed by atoms with Crippen molar-refractivity contribution in [1.29, 1.82) is 0 Å². The average Bonchev–Trinajstić information content (AvgIpc) is 3.19. The molecule has 1 aromatic heterocycles. The van der Waals surface area contributed by atoms with Gasteiger partial charge in [-0.2, -0.15) is 0 Å². The Kier molecular flexibility index (Phi) is 5.63. The quantitative estimate of drug-likeness (QED) is 0.434. The van der Waals surface area contributed by atoms with Crippen molar-refractivity contribution < 1.29 is 13.9 Å². The van der Waals surface area contributed by atoms with Gasteiger partial charge in [-0.1, -0.05) is 42.5 Å². The summed E-state index contributed by atoms with van der Waals surface area (Å²) in [5.74, 6) is 0.733. The molecule has 6 heteroatoms. The maximum absolute atomic E-state index is 13.4. The second kappa shape index (κ2) is 8.67. The third-order valence-electron chi connectivity index (χ3n) is 4.10. The van der Waals surface area contributed by atoms with Crippen LogP contribution in [0.1, 0.15) is 5.69 Å².